The molecule has 0 radical (unpaired) electrons. The van der Waals surface area contributed by atoms with Crippen molar-refractivity contribution in [1.29, 1.82) is 0 Å². The number of halogens is 1. The molecule has 2 fully saturated rings. The van der Waals surface area contributed by atoms with Crippen molar-refractivity contribution in [3.8, 4) is 0 Å². The summed E-state index contributed by atoms with van der Waals surface area (Å²) in [4.78, 5) is 9.85. The molecule has 0 aliphatic carbocycles. The van der Waals surface area contributed by atoms with E-state index in [-0.39, 0.29) is 29.4 Å². The Morgan fingerprint density at radius 2 is 2.09 bits per heavy atom. The Hall–Kier alpha value is -0.340. The normalized spacial score (nSPS) is 27.6. The van der Waals surface area contributed by atoms with Crippen molar-refractivity contribution in [3.05, 3.63) is 12.2 Å². The van der Waals surface area contributed by atoms with Crippen LogP contribution in [0.4, 0.5) is 0 Å². The van der Waals surface area contributed by atoms with Crippen LogP contribution in [-0.2, 0) is 4.74 Å². The maximum atomic E-state index is 5.32. The smallest absolute Gasteiger partial charge is 0.193 e. The molecule has 3 rings (SSSR count). The van der Waals surface area contributed by atoms with E-state index in [1.807, 2.05) is 0 Å². The Labute approximate surface area is 151 Å². The van der Waals surface area contributed by atoms with Gasteiger partial charge in [-0.1, -0.05) is 19.1 Å². The summed E-state index contributed by atoms with van der Waals surface area (Å²) in [5, 5.41) is 3.46. The highest BCUT2D eigenvalue weighted by Gasteiger charge is 2.34. The maximum absolute atomic E-state index is 5.32. The van der Waals surface area contributed by atoms with Crippen molar-refractivity contribution < 1.29 is 4.74 Å². The van der Waals surface area contributed by atoms with E-state index in [4.69, 9.17) is 9.73 Å². The summed E-state index contributed by atoms with van der Waals surface area (Å²) < 4.78 is 5.32. The van der Waals surface area contributed by atoms with Gasteiger partial charge in [-0.25, -0.2) is 0 Å². The largest absolute Gasteiger partial charge is 0.380 e. The van der Waals surface area contributed by atoms with Crippen molar-refractivity contribution >= 4 is 29.9 Å². The third-order valence-electron chi connectivity index (χ3n) is 4.67. The van der Waals surface area contributed by atoms with Gasteiger partial charge < -0.3 is 15.0 Å². The van der Waals surface area contributed by atoms with Gasteiger partial charge in [0.25, 0.3) is 0 Å². The van der Waals surface area contributed by atoms with Crippen molar-refractivity contribution in [2.24, 2.45) is 10.4 Å². The predicted molar refractivity (Wildman–Crippen MR) is 101 cm³/mol. The molecule has 3 aliphatic rings. The summed E-state index contributed by atoms with van der Waals surface area (Å²) in [7, 11) is 0. The number of nitrogens with one attached hydrogen (secondary N) is 1. The second-order valence-electron chi connectivity index (χ2n) is 6.79. The molecule has 0 bridgehead atoms. The lowest BCUT2D eigenvalue weighted by Crippen LogP contribution is -2.46. The van der Waals surface area contributed by atoms with Crippen LogP contribution in [0, 0.1) is 5.41 Å². The van der Waals surface area contributed by atoms with Gasteiger partial charge in [0.05, 0.1) is 19.8 Å². The number of guanidine groups is 1. The molecule has 0 aromatic carbocycles. The zero-order chi connectivity index (χ0) is 14.7. The standard InChI is InChI=1S/C16H28N4O.HI/c1-3-17-15(18-11-16(2)12-21-13-16)20-9-6-14(10-20)19-7-4-5-8-19;/h4-5,14H,3,6-13H2,1-2H3,(H,17,18);1H. The van der Waals surface area contributed by atoms with Gasteiger partial charge in [-0.15, -0.1) is 24.0 Å². The third-order valence-corrected chi connectivity index (χ3v) is 4.67. The van der Waals surface area contributed by atoms with Crippen LogP contribution in [0.2, 0.25) is 0 Å². The Balaban J connectivity index is 0.00000176. The summed E-state index contributed by atoms with van der Waals surface area (Å²) in [6, 6.07) is 0.673. The first-order valence-corrected chi connectivity index (χ1v) is 8.20. The highest BCUT2D eigenvalue weighted by Crippen LogP contribution is 2.27. The van der Waals surface area contributed by atoms with Gasteiger partial charge in [0.2, 0.25) is 0 Å². The minimum Gasteiger partial charge on any atom is -0.380 e. The molecule has 5 nitrogen and oxygen atoms in total. The first-order valence-electron chi connectivity index (χ1n) is 8.20. The number of nitrogens with zero attached hydrogens (tertiary/aromatic N) is 3. The lowest BCUT2D eigenvalue weighted by atomic mass is 9.89. The molecule has 0 saturated carbocycles. The molecule has 6 heteroatoms. The highest BCUT2D eigenvalue weighted by atomic mass is 127. The predicted octanol–water partition coefficient (Wildman–Crippen LogP) is 1.55. The van der Waals surface area contributed by atoms with Crippen LogP contribution in [-0.4, -0.2) is 74.3 Å². The first kappa shape index (κ1) is 18.0. The molecule has 0 amide bonds. The van der Waals surface area contributed by atoms with Gasteiger partial charge >= 0.3 is 0 Å². The van der Waals surface area contributed by atoms with Crippen LogP contribution in [0.3, 0.4) is 0 Å². The second-order valence-corrected chi connectivity index (χ2v) is 6.79. The fraction of sp³-hybridized carbons (Fsp3) is 0.812. The average Bonchev–Trinajstić information content (AvgIpc) is 3.11. The molecule has 0 spiro atoms. The quantitative estimate of drug-likeness (QED) is 0.324. The van der Waals surface area contributed by atoms with Gasteiger partial charge in [0, 0.05) is 44.2 Å². The number of ether oxygens (including phenoxy) is 1. The molecule has 3 heterocycles. The van der Waals surface area contributed by atoms with E-state index in [2.05, 4.69) is 41.1 Å². The van der Waals surface area contributed by atoms with E-state index >= 15 is 0 Å². The molecule has 0 aromatic rings. The number of aliphatic imine (C=N–C) groups is 1. The molecule has 0 aromatic heterocycles. The SMILES string of the molecule is CCNC(=NCC1(C)COC1)N1CCC(N2CC=CC2)C1.I. The number of hydrogen-bond donors (Lipinski definition) is 1. The van der Waals surface area contributed by atoms with Gasteiger partial charge in [0.1, 0.15) is 0 Å². The summed E-state index contributed by atoms with van der Waals surface area (Å²) >= 11 is 0. The molecule has 2 saturated heterocycles. The van der Waals surface area contributed by atoms with Gasteiger partial charge in [-0.3, -0.25) is 9.89 Å². The fourth-order valence-electron chi connectivity index (χ4n) is 3.26. The van der Waals surface area contributed by atoms with Crippen LogP contribution >= 0.6 is 24.0 Å². The summed E-state index contributed by atoms with van der Waals surface area (Å²) in [6.45, 7) is 12.3. The van der Waals surface area contributed by atoms with E-state index in [1.54, 1.807) is 0 Å². The molecular formula is C16H29IN4O. The Morgan fingerprint density at radius 3 is 2.68 bits per heavy atom. The lowest BCUT2D eigenvalue weighted by molar-refractivity contribution is -0.0945. The summed E-state index contributed by atoms with van der Waals surface area (Å²) in [5.74, 6) is 1.08. The molecule has 1 atom stereocenters. The second kappa shape index (κ2) is 7.97. The molecule has 1 unspecified atom stereocenters. The fourth-order valence-corrected chi connectivity index (χ4v) is 3.26. The Bertz CT molecular complexity index is 414. The molecule has 22 heavy (non-hydrogen) atoms. The molecule has 1 N–H and O–H groups in total. The average molecular weight is 420 g/mol. The van der Waals surface area contributed by atoms with E-state index in [1.165, 1.54) is 6.42 Å². The Kier molecular flexibility index (Phi) is 6.52. The number of hydrogen-bond acceptors (Lipinski definition) is 3. The van der Waals surface area contributed by atoms with Crippen molar-refractivity contribution in [2.75, 3.05) is 52.5 Å². The number of rotatable bonds is 4. The third kappa shape index (κ3) is 4.14. The summed E-state index contributed by atoms with van der Waals surface area (Å²) in [5.41, 5.74) is 0.249. The number of likely N-dealkylation sites (tertiary alicyclic amines) is 1. The van der Waals surface area contributed by atoms with Crippen molar-refractivity contribution in [3.63, 3.8) is 0 Å². The van der Waals surface area contributed by atoms with Crippen LogP contribution in [0.5, 0.6) is 0 Å². The van der Waals surface area contributed by atoms with Crippen LogP contribution < -0.4 is 5.32 Å². The van der Waals surface area contributed by atoms with Gasteiger partial charge in [-0.05, 0) is 13.3 Å². The van der Waals surface area contributed by atoms with E-state index in [0.29, 0.717) is 6.04 Å². The molecular weight excluding hydrogens is 391 g/mol. The van der Waals surface area contributed by atoms with Crippen LogP contribution in [0.25, 0.3) is 0 Å². The zero-order valence-electron chi connectivity index (χ0n) is 13.8. The van der Waals surface area contributed by atoms with Crippen LogP contribution in [0.15, 0.2) is 17.1 Å². The van der Waals surface area contributed by atoms with Crippen LogP contribution in [0.1, 0.15) is 20.3 Å². The minimum absolute atomic E-state index is 0. The minimum atomic E-state index is 0. The highest BCUT2D eigenvalue weighted by molar-refractivity contribution is 14.0. The lowest BCUT2D eigenvalue weighted by Gasteiger charge is -2.37. The van der Waals surface area contributed by atoms with E-state index in [9.17, 15) is 0 Å². The monoisotopic (exact) mass is 420 g/mol. The zero-order valence-corrected chi connectivity index (χ0v) is 16.1. The van der Waals surface area contributed by atoms with E-state index in [0.717, 1.165) is 58.4 Å². The van der Waals surface area contributed by atoms with E-state index < -0.39 is 0 Å². The first-order chi connectivity index (χ1) is 10.2. The van der Waals surface area contributed by atoms with Gasteiger partial charge in [-0.2, -0.15) is 0 Å². The van der Waals surface area contributed by atoms with Crippen molar-refractivity contribution in [2.45, 2.75) is 26.3 Å². The summed E-state index contributed by atoms with van der Waals surface area (Å²) in [6.07, 6.45) is 5.80. The Morgan fingerprint density at radius 1 is 1.36 bits per heavy atom. The maximum Gasteiger partial charge on any atom is 0.193 e. The molecule has 126 valence electrons. The topological polar surface area (TPSA) is 40.1 Å². The van der Waals surface area contributed by atoms with Gasteiger partial charge in [0.15, 0.2) is 5.96 Å². The van der Waals surface area contributed by atoms with Crippen molar-refractivity contribution in [1.82, 2.24) is 15.1 Å². The molecule has 3 aliphatic heterocycles.